The van der Waals surface area contributed by atoms with Crippen molar-refractivity contribution in [3.8, 4) is 5.75 Å². The molecule has 1 saturated heterocycles. The monoisotopic (exact) mass is 267 g/mol. The van der Waals surface area contributed by atoms with Crippen LogP contribution in [0.1, 0.15) is 11.7 Å². The summed E-state index contributed by atoms with van der Waals surface area (Å²) in [4.78, 5) is 11.0. The molecule has 1 aliphatic rings. The van der Waals surface area contributed by atoms with Crippen molar-refractivity contribution in [1.82, 2.24) is 5.32 Å². The molecule has 0 saturated carbocycles. The summed E-state index contributed by atoms with van der Waals surface area (Å²) in [7, 11) is 1.57. The Morgan fingerprint density at radius 2 is 2.39 bits per heavy atom. The van der Waals surface area contributed by atoms with Crippen LogP contribution in [0.3, 0.4) is 0 Å². The van der Waals surface area contributed by atoms with Crippen LogP contribution in [0.4, 0.5) is 0 Å². The lowest BCUT2D eigenvalue weighted by Gasteiger charge is -2.24. The molecule has 6 heteroatoms. The Balaban J connectivity index is 2.09. The third-order valence-electron chi connectivity index (χ3n) is 2.94. The second-order valence-electron chi connectivity index (χ2n) is 4.07. The maximum absolute atomic E-state index is 11.3. The van der Waals surface area contributed by atoms with Crippen molar-refractivity contribution in [3.63, 3.8) is 0 Å². The van der Waals surface area contributed by atoms with Gasteiger partial charge in [-0.25, -0.2) is 4.79 Å². The van der Waals surface area contributed by atoms with Gasteiger partial charge in [-0.2, -0.15) is 0 Å². The van der Waals surface area contributed by atoms with E-state index in [4.69, 9.17) is 13.9 Å². The fourth-order valence-electron chi connectivity index (χ4n) is 2.08. The maximum atomic E-state index is 11.3. The van der Waals surface area contributed by atoms with Gasteiger partial charge in [-0.15, -0.1) is 0 Å². The lowest BCUT2D eigenvalue weighted by atomic mass is 10.1. The molecule has 1 aromatic heterocycles. The van der Waals surface area contributed by atoms with E-state index in [1.54, 1.807) is 7.11 Å². The van der Waals surface area contributed by atoms with Gasteiger partial charge in [0.1, 0.15) is 0 Å². The number of hydrogen-bond donors (Lipinski definition) is 1. The van der Waals surface area contributed by atoms with Gasteiger partial charge in [-0.3, -0.25) is 0 Å². The lowest BCUT2D eigenvalue weighted by molar-refractivity contribution is 0.0277. The molecule has 1 unspecified atom stereocenters. The highest BCUT2D eigenvalue weighted by atomic mass is 32.1. The Hall–Kier alpha value is -1.37. The number of morpholine rings is 1. The molecule has 2 aromatic rings. The Labute approximate surface area is 107 Å². The molecule has 3 rings (SSSR count). The van der Waals surface area contributed by atoms with Crippen molar-refractivity contribution in [3.05, 3.63) is 27.4 Å². The van der Waals surface area contributed by atoms with Crippen LogP contribution < -0.4 is 15.0 Å². The van der Waals surface area contributed by atoms with E-state index in [2.05, 4.69) is 5.32 Å². The SMILES string of the molecule is COc1cc(C2CNCCO2)cc2sc(=O)oc12. The molecule has 0 amide bonds. The van der Waals surface area contributed by atoms with E-state index in [0.29, 0.717) is 17.9 Å². The van der Waals surface area contributed by atoms with E-state index in [1.165, 1.54) is 0 Å². The van der Waals surface area contributed by atoms with Crippen LogP contribution in [0, 0.1) is 0 Å². The number of rotatable bonds is 2. The van der Waals surface area contributed by atoms with Gasteiger partial charge in [0.05, 0.1) is 24.5 Å². The minimum absolute atomic E-state index is 0.00532. The summed E-state index contributed by atoms with van der Waals surface area (Å²) in [5, 5.41) is 3.28. The number of ether oxygens (including phenoxy) is 2. The van der Waals surface area contributed by atoms with Crippen LogP contribution >= 0.6 is 11.3 Å². The minimum Gasteiger partial charge on any atom is -0.493 e. The van der Waals surface area contributed by atoms with Crippen LogP contribution in [0.5, 0.6) is 5.75 Å². The zero-order valence-corrected chi connectivity index (χ0v) is 10.7. The minimum atomic E-state index is -0.317. The second-order valence-corrected chi connectivity index (χ2v) is 5.05. The van der Waals surface area contributed by atoms with Crippen LogP contribution in [0.15, 0.2) is 21.3 Å². The summed E-state index contributed by atoms with van der Waals surface area (Å²) in [6.07, 6.45) is -0.00532. The first-order valence-electron chi connectivity index (χ1n) is 5.72. The summed E-state index contributed by atoms with van der Waals surface area (Å²) in [6.45, 7) is 2.32. The first-order valence-corrected chi connectivity index (χ1v) is 6.53. The fourth-order valence-corrected chi connectivity index (χ4v) is 2.82. The Bertz CT molecular complexity index is 612. The summed E-state index contributed by atoms with van der Waals surface area (Å²) in [5.74, 6) is 0.579. The van der Waals surface area contributed by atoms with Crippen molar-refractivity contribution in [2.24, 2.45) is 0 Å². The molecule has 0 aliphatic carbocycles. The first kappa shape index (κ1) is 11.7. The lowest BCUT2D eigenvalue weighted by Crippen LogP contribution is -2.33. The molecule has 5 nitrogen and oxygen atoms in total. The Kier molecular flexibility index (Phi) is 3.07. The molecule has 18 heavy (non-hydrogen) atoms. The second kappa shape index (κ2) is 4.72. The van der Waals surface area contributed by atoms with Gasteiger partial charge in [0, 0.05) is 13.1 Å². The van der Waals surface area contributed by atoms with Crippen molar-refractivity contribution in [2.45, 2.75) is 6.10 Å². The molecule has 1 atom stereocenters. The fraction of sp³-hybridized carbons (Fsp3) is 0.417. The van der Waals surface area contributed by atoms with Gasteiger partial charge in [-0.1, -0.05) is 11.3 Å². The highest BCUT2D eigenvalue weighted by Gasteiger charge is 2.19. The van der Waals surface area contributed by atoms with Crippen LogP contribution in [0.25, 0.3) is 10.3 Å². The van der Waals surface area contributed by atoms with Crippen molar-refractivity contribution < 1.29 is 13.9 Å². The largest absolute Gasteiger partial charge is 0.493 e. The summed E-state index contributed by atoms with van der Waals surface area (Å²) in [5.41, 5.74) is 1.52. The van der Waals surface area contributed by atoms with Gasteiger partial charge in [0.2, 0.25) is 0 Å². The number of fused-ring (bicyclic) bond motifs is 1. The van der Waals surface area contributed by atoms with Crippen LogP contribution in [-0.4, -0.2) is 26.8 Å². The zero-order valence-electron chi connectivity index (χ0n) is 9.89. The molecule has 0 spiro atoms. The van der Waals surface area contributed by atoms with Gasteiger partial charge >= 0.3 is 4.94 Å². The molecular weight excluding hydrogens is 254 g/mol. The quantitative estimate of drug-likeness (QED) is 0.894. The van der Waals surface area contributed by atoms with Crippen molar-refractivity contribution in [1.29, 1.82) is 0 Å². The van der Waals surface area contributed by atoms with E-state index in [1.807, 2.05) is 12.1 Å². The Morgan fingerprint density at radius 3 is 3.11 bits per heavy atom. The molecular formula is C12H13NO4S. The van der Waals surface area contributed by atoms with Gasteiger partial charge in [0.15, 0.2) is 11.3 Å². The van der Waals surface area contributed by atoms with Crippen molar-refractivity contribution in [2.75, 3.05) is 26.8 Å². The zero-order chi connectivity index (χ0) is 12.5. The number of nitrogens with one attached hydrogen (secondary N) is 1. The molecule has 1 aliphatic heterocycles. The van der Waals surface area contributed by atoms with E-state index < -0.39 is 0 Å². The van der Waals surface area contributed by atoms with Crippen LogP contribution in [0.2, 0.25) is 0 Å². The third-order valence-corrected chi connectivity index (χ3v) is 3.71. The van der Waals surface area contributed by atoms with E-state index in [0.717, 1.165) is 34.7 Å². The number of hydrogen-bond acceptors (Lipinski definition) is 6. The number of benzene rings is 1. The Morgan fingerprint density at radius 1 is 1.50 bits per heavy atom. The van der Waals surface area contributed by atoms with Gasteiger partial charge in [-0.05, 0) is 17.7 Å². The summed E-state index contributed by atoms with van der Waals surface area (Å²) < 4.78 is 16.9. The maximum Gasteiger partial charge on any atom is 0.396 e. The number of methoxy groups -OCH3 is 1. The molecule has 1 aromatic carbocycles. The molecule has 0 bridgehead atoms. The normalized spacial score (nSPS) is 20.2. The third kappa shape index (κ3) is 2.03. The van der Waals surface area contributed by atoms with Crippen LogP contribution in [-0.2, 0) is 4.74 Å². The average Bonchev–Trinajstić information content (AvgIpc) is 2.78. The topological polar surface area (TPSA) is 60.7 Å². The molecule has 0 radical (unpaired) electrons. The van der Waals surface area contributed by atoms with E-state index in [9.17, 15) is 4.79 Å². The summed E-state index contributed by atoms with van der Waals surface area (Å²) in [6, 6.07) is 3.81. The molecule has 96 valence electrons. The van der Waals surface area contributed by atoms with Crippen molar-refractivity contribution >= 4 is 21.6 Å². The summed E-state index contributed by atoms with van der Waals surface area (Å²) >= 11 is 1.08. The highest BCUT2D eigenvalue weighted by Crippen LogP contribution is 2.32. The predicted octanol–water partition coefficient (Wildman–Crippen LogP) is 1.52. The average molecular weight is 267 g/mol. The molecule has 2 heterocycles. The standard InChI is InChI=1S/C12H13NO4S/c1-15-8-4-7(9-6-13-2-3-16-9)5-10-11(8)17-12(14)18-10/h4-5,9,13H,2-3,6H2,1H3. The molecule has 1 fully saturated rings. The highest BCUT2D eigenvalue weighted by molar-refractivity contribution is 7.16. The van der Waals surface area contributed by atoms with Gasteiger partial charge in [0.25, 0.3) is 0 Å². The van der Waals surface area contributed by atoms with Gasteiger partial charge < -0.3 is 19.2 Å². The molecule has 1 N–H and O–H groups in total. The smallest absolute Gasteiger partial charge is 0.396 e. The van der Waals surface area contributed by atoms with E-state index >= 15 is 0 Å². The first-order chi connectivity index (χ1) is 8.78. The van der Waals surface area contributed by atoms with E-state index in [-0.39, 0.29) is 11.0 Å². The predicted molar refractivity (Wildman–Crippen MR) is 68.5 cm³/mol.